The van der Waals surface area contributed by atoms with Gasteiger partial charge in [0, 0.05) is 30.9 Å². The maximum Gasteiger partial charge on any atom is 0.221 e. The SMILES string of the molecule is CC(=O)Nc1ccccc1CNc1cccc(O)c1. The summed E-state index contributed by atoms with van der Waals surface area (Å²) < 4.78 is 0. The molecule has 0 radical (unpaired) electrons. The van der Waals surface area contributed by atoms with E-state index in [9.17, 15) is 9.90 Å². The van der Waals surface area contributed by atoms with Crippen molar-refractivity contribution in [3.63, 3.8) is 0 Å². The van der Waals surface area contributed by atoms with Crippen molar-refractivity contribution < 1.29 is 9.90 Å². The minimum atomic E-state index is -0.0928. The van der Waals surface area contributed by atoms with Gasteiger partial charge in [0.1, 0.15) is 5.75 Å². The van der Waals surface area contributed by atoms with E-state index in [2.05, 4.69) is 10.6 Å². The Kier molecular flexibility index (Phi) is 4.03. The number of carbonyl (C=O) groups is 1. The van der Waals surface area contributed by atoms with Crippen LogP contribution in [0.2, 0.25) is 0 Å². The second-order valence-corrected chi connectivity index (χ2v) is 4.24. The van der Waals surface area contributed by atoms with Crippen molar-refractivity contribution >= 4 is 17.3 Å². The molecule has 0 saturated carbocycles. The lowest BCUT2D eigenvalue weighted by atomic mass is 10.1. The van der Waals surface area contributed by atoms with Gasteiger partial charge in [0.2, 0.25) is 5.91 Å². The van der Waals surface area contributed by atoms with E-state index < -0.39 is 0 Å². The summed E-state index contributed by atoms with van der Waals surface area (Å²) in [6.07, 6.45) is 0. The minimum absolute atomic E-state index is 0.0928. The third-order valence-corrected chi connectivity index (χ3v) is 2.66. The molecule has 2 aromatic carbocycles. The average Bonchev–Trinajstić information content (AvgIpc) is 2.37. The number of aromatic hydroxyl groups is 1. The summed E-state index contributed by atoms with van der Waals surface area (Å²) in [6, 6.07) is 14.5. The molecular formula is C15H16N2O2. The standard InChI is InChI=1S/C15H16N2O2/c1-11(18)17-15-8-3-2-5-12(15)10-16-13-6-4-7-14(19)9-13/h2-9,16,19H,10H2,1H3,(H,17,18). The van der Waals surface area contributed by atoms with E-state index in [1.54, 1.807) is 18.2 Å². The number of hydrogen-bond acceptors (Lipinski definition) is 3. The first-order valence-electron chi connectivity index (χ1n) is 6.03. The molecule has 0 atom stereocenters. The van der Waals surface area contributed by atoms with Gasteiger partial charge in [0.25, 0.3) is 0 Å². The van der Waals surface area contributed by atoms with Crippen LogP contribution in [0.1, 0.15) is 12.5 Å². The van der Waals surface area contributed by atoms with Gasteiger partial charge < -0.3 is 15.7 Å². The smallest absolute Gasteiger partial charge is 0.221 e. The first kappa shape index (κ1) is 13.0. The van der Waals surface area contributed by atoms with Crippen LogP contribution in [-0.4, -0.2) is 11.0 Å². The molecule has 2 aromatic rings. The van der Waals surface area contributed by atoms with Crippen LogP contribution >= 0.6 is 0 Å². The van der Waals surface area contributed by atoms with Crippen molar-refractivity contribution in [3.8, 4) is 5.75 Å². The number of amides is 1. The lowest BCUT2D eigenvalue weighted by Gasteiger charge is -2.11. The van der Waals surface area contributed by atoms with Crippen LogP contribution in [0.15, 0.2) is 48.5 Å². The fourth-order valence-electron chi connectivity index (χ4n) is 1.80. The molecule has 0 aliphatic heterocycles. The van der Waals surface area contributed by atoms with Crippen LogP contribution in [0, 0.1) is 0 Å². The fraction of sp³-hybridized carbons (Fsp3) is 0.133. The van der Waals surface area contributed by atoms with Crippen LogP contribution in [0.25, 0.3) is 0 Å². The summed E-state index contributed by atoms with van der Waals surface area (Å²) in [5.41, 5.74) is 2.61. The lowest BCUT2D eigenvalue weighted by Crippen LogP contribution is -2.10. The summed E-state index contributed by atoms with van der Waals surface area (Å²) in [5, 5.41) is 15.4. The van der Waals surface area contributed by atoms with Gasteiger partial charge in [-0.15, -0.1) is 0 Å². The molecule has 1 amide bonds. The molecule has 4 nitrogen and oxygen atoms in total. The van der Waals surface area contributed by atoms with E-state index in [0.29, 0.717) is 6.54 Å². The van der Waals surface area contributed by atoms with Crippen LogP contribution in [0.3, 0.4) is 0 Å². The molecule has 0 aromatic heterocycles. The van der Waals surface area contributed by atoms with Crippen molar-refractivity contribution in [2.45, 2.75) is 13.5 Å². The summed E-state index contributed by atoms with van der Waals surface area (Å²) in [7, 11) is 0. The van der Waals surface area contributed by atoms with E-state index in [0.717, 1.165) is 16.9 Å². The minimum Gasteiger partial charge on any atom is -0.508 e. The van der Waals surface area contributed by atoms with E-state index in [4.69, 9.17) is 0 Å². The van der Waals surface area contributed by atoms with Gasteiger partial charge in [-0.3, -0.25) is 4.79 Å². The Morgan fingerprint density at radius 3 is 2.68 bits per heavy atom. The number of phenolic OH excluding ortho intramolecular Hbond substituents is 1. The van der Waals surface area contributed by atoms with Gasteiger partial charge >= 0.3 is 0 Å². The molecule has 0 aliphatic rings. The summed E-state index contributed by atoms with van der Waals surface area (Å²) >= 11 is 0. The van der Waals surface area contributed by atoms with Crippen LogP contribution in [0.4, 0.5) is 11.4 Å². The van der Waals surface area contributed by atoms with E-state index in [1.165, 1.54) is 6.92 Å². The summed E-state index contributed by atoms with van der Waals surface area (Å²) in [6.45, 7) is 2.05. The van der Waals surface area contributed by atoms with Crippen molar-refractivity contribution in [2.75, 3.05) is 10.6 Å². The topological polar surface area (TPSA) is 61.4 Å². The molecule has 0 unspecified atom stereocenters. The number of benzene rings is 2. The predicted octanol–water partition coefficient (Wildman–Crippen LogP) is 2.96. The highest BCUT2D eigenvalue weighted by Crippen LogP contribution is 2.19. The summed E-state index contributed by atoms with van der Waals surface area (Å²) in [5.74, 6) is 0.130. The Balaban J connectivity index is 2.09. The third-order valence-electron chi connectivity index (χ3n) is 2.66. The molecule has 98 valence electrons. The molecular weight excluding hydrogens is 240 g/mol. The molecule has 0 saturated heterocycles. The van der Waals surface area contributed by atoms with E-state index >= 15 is 0 Å². The molecule has 3 N–H and O–H groups in total. The maximum absolute atomic E-state index is 11.1. The highest BCUT2D eigenvalue weighted by Gasteiger charge is 2.03. The average molecular weight is 256 g/mol. The second kappa shape index (κ2) is 5.91. The molecule has 0 fully saturated rings. The number of rotatable bonds is 4. The maximum atomic E-state index is 11.1. The van der Waals surface area contributed by atoms with Crippen molar-refractivity contribution in [3.05, 3.63) is 54.1 Å². The van der Waals surface area contributed by atoms with Crippen LogP contribution in [-0.2, 0) is 11.3 Å². The monoisotopic (exact) mass is 256 g/mol. The Hall–Kier alpha value is -2.49. The van der Waals surface area contributed by atoms with E-state index in [-0.39, 0.29) is 11.7 Å². The number of para-hydroxylation sites is 1. The third kappa shape index (κ3) is 3.74. The first-order chi connectivity index (χ1) is 9.15. The van der Waals surface area contributed by atoms with Crippen molar-refractivity contribution in [1.82, 2.24) is 0 Å². The van der Waals surface area contributed by atoms with Gasteiger partial charge in [-0.05, 0) is 23.8 Å². The number of anilines is 2. The van der Waals surface area contributed by atoms with Gasteiger partial charge in [0.15, 0.2) is 0 Å². The first-order valence-corrected chi connectivity index (χ1v) is 6.03. The zero-order chi connectivity index (χ0) is 13.7. The number of nitrogens with one attached hydrogen (secondary N) is 2. The molecule has 4 heteroatoms. The Bertz CT molecular complexity index is 582. The molecule has 0 bridgehead atoms. The highest BCUT2D eigenvalue weighted by molar-refractivity contribution is 5.89. The van der Waals surface area contributed by atoms with Crippen LogP contribution < -0.4 is 10.6 Å². The Morgan fingerprint density at radius 1 is 1.16 bits per heavy atom. The molecule has 19 heavy (non-hydrogen) atoms. The Morgan fingerprint density at radius 2 is 1.95 bits per heavy atom. The zero-order valence-corrected chi connectivity index (χ0v) is 10.7. The molecule has 0 heterocycles. The fourth-order valence-corrected chi connectivity index (χ4v) is 1.80. The molecule has 0 spiro atoms. The molecule has 0 aliphatic carbocycles. The Labute approximate surface area is 112 Å². The quantitative estimate of drug-likeness (QED) is 0.788. The van der Waals surface area contributed by atoms with Crippen LogP contribution in [0.5, 0.6) is 5.75 Å². The zero-order valence-electron chi connectivity index (χ0n) is 10.7. The molecule has 2 rings (SSSR count). The number of phenols is 1. The summed E-state index contributed by atoms with van der Waals surface area (Å²) in [4.78, 5) is 11.1. The number of hydrogen-bond donors (Lipinski definition) is 3. The largest absolute Gasteiger partial charge is 0.508 e. The predicted molar refractivity (Wildman–Crippen MR) is 76.2 cm³/mol. The van der Waals surface area contributed by atoms with Gasteiger partial charge in [-0.1, -0.05) is 24.3 Å². The van der Waals surface area contributed by atoms with Gasteiger partial charge in [-0.2, -0.15) is 0 Å². The lowest BCUT2D eigenvalue weighted by molar-refractivity contribution is -0.114. The van der Waals surface area contributed by atoms with Gasteiger partial charge in [0.05, 0.1) is 0 Å². The highest BCUT2D eigenvalue weighted by atomic mass is 16.3. The van der Waals surface area contributed by atoms with E-state index in [1.807, 2.05) is 30.3 Å². The normalized spacial score (nSPS) is 9.95. The van der Waals surface area contributed by atoms with Crippen molar-refractivity contribution in [1.29, 1.82) is 0 Å². The van der Waals surface area contributed by atoms with Crippen molar-refractivity contribution in [2.24, 2.45) is 0 Å². The second-order valence-electron chi connectivity index (χ2n) is 4.24. The number of carbonyl (C=O) groups excluding carboxylic acids is 1. The van der Waals surface area contributed by atoms with Gasteiger partial charge in [-0.25, -0.2) is 0 Å².